The summed E-state index contributed by atoms with van der Waals surface area (Å²) >= 11 is 0. The molecular formula is C17H29NO2. The second kappa shape index (κ2) is 8.28. The minimum absolute atomic E-state index is 0.193. The van der Waals surface area contributed by atoms with Crippen molar-refractivity contribution in [2.24, 2.45) is 5.41 Å². The molecule has 0 bridgehead atoms. The molecule has 0 saturated heterocycles. The van der Waals surface area contributed by atoms with Crippen LogP contribution in [0.1, 0.15) is 51.6 Å². The number of hydrogen-bond acceptors (Lipinski definition) is 3. The second-order valence-electron chi connectivity index (χ2n) is 6.08. The molecule has 0 aliphatic rings. The first-order valence-corrected chi connectivity index (χ1v) is 7.51. The molecule has 3 heteroatoms. The molecule has 1 aromatic carbocycles. The molecule has 1 unspecified atom stereocenters. The summed E-state index contributed by atoms with van der Waals surface area (Å²) in [5, 5.41) is 12.6. The van der Waals surface area contributed by atoms with Crippen molar-refractivity contribution in [3.63, 3.8) is 0 Å². The molecule has 0 aromatic heterocycles. The number of benzene rings is 1. The predicted molar refractivity (Wildman–Crippen MR) is 84.1 cm³/mol. The Morgan fingerprint density at radius 2 is 2.00 bits per heavy atom. The first-order chi connectivity index (χ1) is 9.54. The number of para-hydroxylation sites is 1. The van der Waals surface area contributed by atoms with E-state index in [1.54, 1.807) is 7.11 Å². The molecule has 0 saturated carbocycles. The van der Waals surface area contributed by atoms with Crippen LogP contribution in [-0.4, -0.2) is 25.4 Å². The third-order valence-electron chi connectivity index (χ3n) is 3.76. The van der Waals surface area contributed by atoms with E-state index in [1.165, 1.54) is 5.56 Å². The molecule has 114 valence electrons. The number of nitrogens with one attached hydrogen (secondary N) is 1. The SMILES string of the molecule is CCC(NCC(C)(C)CCCO)c1ccccc1OC. The lowest BCUT2D eigenvalue weighted by molar-refractivity contribution is 0.231. The smallest absolute Gasteiger partial charge is 0.123 e. The highest BCUT2D eigenvalue weighted by atomic mass is 16.5. The molecule has 1 atom stereocenters. The molecular weight excluding hydrogens is 250 g/mol. The number of rotatable bonds is 9. The summed E-state index contributed by atoms with van der Waals surface area (Å²) in [6, 6.07) is 8.50. The van der Waals surface area contributed by atoms with Gasteiger partial charge < -0.3 is 15.2 Å². The van der Waals surface area contributed by atoms with Crippen molar-refractivity contribution < 1.29 is 9.84 Å². The van der Waals surface area contributed by atoms with Crippen LogP contribution in [0, 0.1) is 5.41 Å². The molecule has 3 nitrogen and oxygen atoms in total. The van der Waals surface area contributed by atoms with Crippen LogP contribution in [0.4, 0.5) is 0 Å². The molecule has 0 aliphatic heterocycles. The van der Waals surface area contributed by atoms with E-state index in [4.69, 9.17) is 9.84 Å². The zero-order valence-electron chi connectivity index (χ0n) is 13.3. The Morgan fingerprint density at radius 3 is 2.60 bits per heavy atom. The minimum Gasteiger partial charge on any atom is -0.496 e. The van der Waals surface area contributed by atoms with Gasteiger partial charge in [0.2, 0.25) is 0 Å². The highest BCUT2D eigenvalue weighted by Gasteiger charge is 2.20. The van der Waals surface area contributed by atoms with Gasteiger partial charge in [-0.2, -0.15) is 0 Å². The van der Waals surface area contributed by atoms with E-state index in [9.17, 15) is 0 Å². The fourth-order valence-electron chi connectivity index (χ4n) is 2.47. The van der Waals surface area contributed by atoms with Crippen LogP contribution in [0.5, 0.6) is 5.75 Å². The fourth-order valence-corrected chi connectivity index (χ4v) is 2.47. The van der Waals surface area contributed by atoms with Gasteiger partial charge in [0, 0.05) is 24.8 Å². The Kier molecular flexibility index (Phi) is 7.03. The predicted octanol–water partition coefficient (Wildman–Crippen LogP) is 3.53. The van der Waals surface area contributed by atoms with Crippen molar-refractivity contribution in [2.45, 2.75) is 46.1 Å². The summed E-state index contributed by atoms with van der Waals surface area (Å²) in [7, 11) is 1.72. The second-order valence-corrected chi connectivity index (χ2v) is 6.08. The molecule has 0 amide bonds. The van der Waals surface area contributed by atoms with Crippen LogP contribution in [0.2, 0.25) is 0 Å². The van der Waals surface area contributed by atoms with E-state index in [0.29, 0.717) is 6.04 Å². The lowest BCUT2D eigenvalue weighted by Gasteiger charge is -2.28. The van der Waals surface area contributed by atoms with Gasteiger partial charge in [-0.15, -0.1) is 0 Å². The average Bonchev–Trinajstić information content (AvgIpc) is 2.46. The van der Waals surface area contributed by atoms with Crippen molar-refractivity contribution >= 4 is 0 Å². The Bertz CT molecular complexity index is 390. The molecule has 0 aliphatic carbocycles. The van der Waals surface area contributed by atoms with E-state index in [1.807, 2.05) is 12.1 Å². The van der Waals surface area contributed by atoms with E-state index < -0.39 is 0 Å². The summed E-state index contributed by atoms with van der Waals surface area (Å²) in [6.45, 7) is 7.87. The number of aliphatic hydroxyl groups is 1. The third kappa shape index (κ3) is 5.14. The zero-order valence-corrected chi connectivity index (χ0v) is 13.3. The normalized spacial score (nSPS) is 13.2. The molecule has 0 radical (unpaired) electrons. The molecule has 0 heterocycles. The van der Waals surface area contributed by atoms with Crippen molar-refractivity contribution in [1.29, 1.82) is 0 Å². The first-order valence-electron chi connectivity index (χ1n) is 7.51. The van der Waals surface area contributed by atoms with Gasteiger partial charge in [0.15, 0.2) is 0 Å². The summed E-state index contributed by atoms with van der Waals surface area (Å²) < 4.78 is 5.45. The lowest BCUT2D eigenvalue weighted by atomic mass is 9.87. The maximum Gasteiger partial charge on any atom is 0.123 e. The highest BCUT2D eigenvalue weighted by molar-refractivity contribution is 5.35. The Morgan fingerprint density at radius 1 is 1.30 bits per heavy atom. The fraction of sp³-hybridized carbons (Fsp3) is 0.647. The molecule has 1 rings (SSSR count). The lowest BCUT2D eigenvalue weighted by Crippen LogP contribution is -2.32. The molecule has 0 spiro atoms. The number of ether oxygens (including phenoxy) is 1. The van der Waals surface area contributed by atoms with Gasteiger partial charge in [0.25, 0.3) is 0 Å². The maximum atomic E-state index is 8.96. The van der Waals surface area contributed by atoms with Gasteiger partial charge in [0.05, 0.1) is 7.11 Å². The molecule has 1 aromatic rings. The van der Waals surface area contributed by atoms with Crippen molar-refractivity contribution in [3.05, 3.63) is 29.8 Å². The van der Waals surface area contributed by atoms with Gasteiger partial charge in [0.1, 0.15) is 5.75 Å². The van der Waals surface area contributed by atoms with Gasteiger partial charge in [-0.3, -0.25) is 0 Å². The zero-order chi connectivity index (χ0) is 15.0. The monoisotopic (exact) mass is 279 g/mol. The average molecular weight is 279 g/mol. The maximum absolute atomic E-state index is 8.96. The van der Waals surface area contributed by atoms with Gasteiger partial charge >= 0.3 is 0 Å². The van der Waals surface area contributed by atoms with Gasteiger partial charge in [-0.1, -0.05) is 39.0 Å². The standard InChI is InChI=1S/C17H29NO2/c1-5-15(14-9-6-7-10-16(14)20-4)18-13-17(2,3)11-8-12-19/h6-7,9-10,15,18-19H,5,8,11-13H2,1-4H3. The van der Waals surface area contributed by atoms with Crippen LogP contribution < -0.4 is 10.1 Å². The van der Waals surface area contributed by atoms with Crippen molar-refractivity contribution in [3.8, 4) is 5.75 Å². The summed E-state index contributed by atoms with van der Waals surface area (Å²) in [4.78, 5) is 0. The van der Waals surface area contributed by atoms with Gasteiger partial charge in [-0.25, -0.2) is 0 Å². The summed E-state index contributed by atoms with van der Waals surface area (Å²) in [6.07, 6.45) is 2.91. The van der Waals surface area contributed by atoms with E-state index in [0.717, 1.165) is 31.6 Å². The first kappa shape index (κ1) is 17.0. The van der Waals surface area contributed by atoms with Crippen LogP contribution in [0.25, 0.3) is 0 Å². The van der Waals surface area contributed by atoms with Crippen LogP contribution in [0.15, 0.2) is 24.3 Å². The number of hydrogen-bond donors (Lipinski definition) is 2. The third-order valence-corrected chi connectivity index (χ3v) is 3.76. The van der Waals surface area contributed by atoms with Crippen LogP contribution in [-0.2, 0) is 0 Å². The van der Waals surface area contributed by atoms with E-state index in [-0.39, 0.29) is 12.0 Å². The number of aliphatic hydroxyl groups excluding tert-OH is 1. The largest absolute Gasteiger partial charge is 0.496 e. The quantitative estimate of drug-likeness (QED) is 0.726. The molecule has 2 N–H and O–H groups in total. The van der Waals surface area contributed by atoms with Crippen molar-refractivity contribution in [1.82, 2.24) is 5.32 Å². The Balaban J connectivity index is 2.67. The molecule has 0 fully saturated rings. The number of methoxy groups -OCH3 is 1. The molecule has 20 heavy (non-hydrogen) atoms. The summed E-state index contributed by atoms with van der Waals surface area (Å²) in [5.74, 6) is 0.944. The van der Waals surface area contributed by atoms with Crippen LogP contribution in [0.3, 0.4) is 0 Å². The van der Waals surface area contributed by atoms with Crippen LogP contribution >= 0.6 is 0 Å². The Hall–Kier alpha value is -1.06. The highest BCUT2D eigenvalue weighted by Crippen LogP contribution is 2.28. The topological polar surface area (TPSA) is 41.5 Å². The minimum atomic E-state index is 0.193. The van der Waals surface area contributed by atoms with E-state index in [2.05, 4.69) is 38.2 Å². The Labute approximate surface area is 123 Å². The van der Waals surface area contributed by atoms with Gasteiger partial charge in [-0.05, 0) is 30.7 Å². The van der Waals surface area contributed by atoms with E-state index >= 15 is 0 Å². The van der Waals surface area contributed by atoms with Crippen molar-refractivity contribution in [2.75, 3.05) is 20.3 Å². The summed E-state index contributed by atoms with van der Waals surface area (Å²) in [5.41, 5.74) is 1.41.